The average molecular weight is 439 g/mol. The molecule has 0 heterocycles. The van der Waals surface area contributed by atoms with E-state index >= 15 is 0 Å². The van der Waals surface area contributed by atoms with Gasteiger partial charge in [-0.05, 0) is 83.9 Å². The SMILES string of the molecule is CC1=C(C)C(C)C(c2ccc(C(C)(C)C)cc2P(c2ccccc2)c2ccccc2)=C1C. The summed E-state index contributed by atoms with van der Waals surface area (Å²) in [6.45, 7) is 16.2. The second kappa shape index (κ2) is 8.84. The minimum atomic E-state index is -0.666. The molecule has 1 aliphatic rings. The van der Waals surface area contributed by atoms with Gasteiger partial charge >= 0.3 is 0 Å². The zero-order valence-corrected chi connectivity index (χ0v) is 21.4. The fraction of sp³-hybridized carbons (Fsp3) is 0.290. The molecule has 0 spiro atoms. The number of benzene rings is 3. The summed E-state index contributed by atoms with van der Waals surface area (Å²) in [6.07, 6.45) is 0. The van der Waals surface area contributed by atoms with Crippen LogP contribution in [0, 0.1) is 5.92 Å². The summed E-state index contributed by atoms with van der Waals surface area (Å²) in [4.78, 5) is 0. The van der Waals surface area contributed by atoms with E-state index in [2.05, 4.69) is 127 Å². The summed E-state index contributed by atoms with van der Waals surface area (Å²) in [6, 6.07) is 29.5. The second-order valence-electron chi connectivity index (χ2n) is 10.1. The molecule has 4 rings (SSSR count). The molecular weight excluding hydrogens is 403 g/mol. The Morgan fingerprint density at radius 2 is 1.22 bits per heavy atom. The van der Waals surface area contributed by atoms with Crippen LogP contribution in [-0.4, -0.2) is 0 Å². The minimum absolute atomic E-state index is 0.108. The molecule has 0 amide bonds. The largest absolute Gasteiger partial charge is 0.0629 e. The number of rotatable bonds is 4. The number of allylic oxidation sites excluding steroid dienone is 4. The third kappa shape index (κ3) is 4.14. The minimum Gasteiger partial charge on any atom is -0.0629 e. The molecule has 164 valence electrons. The van der Waals surface area contributed by atoms with Gasteiger partial charge in [0, 0.05) is 5.92 Å². The van der Waals surface area contributed by atoms with Gasteiger partial charge in [0.25, 0.3) is 0 Å². The zero-order valence-electron chi connectivity index (χ0n) is 20.5. The highest BCUT2D eigenvalue weighted by atomic mass is 31.1. The molecule has 32 heavy (non-hydrogen) atoms. The van der Waals surface area contributed by atoms with Crippen molar-refractivity contribution in [3.8, 4) is 0 Å². The highest BCUT2D eigenvalue weighted by Crippen LogP contribution is 2.45. The van der Waals surface area contributed by atoms with Crippen LogP contribution in [-0.2, 0) is 5.41 Å². The van der Waals surface area contributed by atoms with E-state index in [0.29, 0.717) is 5.92 Å². The highest BCUT2D eigenvalue weighted by Gasteiger charge is 2.30. The van der Waals surface area contributed by atoms with Crippen molar-refractivity contribution in [2.24, 2.45) is 5.92 Å². The highest BCUT2D eigenvalue weighted by molar-refractivity contribution is 7.80. The maximum atomic E-state index is 2.51. The number of hydrogen-bond donors (Lipinski definition) is 0. The molecule has 1 unspecified atom stereocenters. The summed E-state index contributed by atoms with van der Waals surface area (Å²) in [5, 5.41) is 4.30. The van der Waals surface area contributed by atoms with Gasteiger partial charge in [-0.1, -0.05) is 106 Å². The van der Waals surface area contributed by atoms with Gasteiger partial charge < -0.3 is 0 Å². The van der Waals surface area contributed by atoms with E-state index < -0.39 is 7.92 Å². The van der Waals surface area contributed by atoms with Gasteiger partial charge in [-0.15, -0.1) is 0 Å². The van der Waals surface area contributed by atoms with Crippen LogP contribution in [0.15, 0.2) is 95.6 Å². The maximum absolute atomic E-state index is 2.51. The normalized spacial score (nSPS) is 16.9. The molecule has 1 heteroatoms. The lowest BCUT2D eigenvalue weighted by molar-refractivity contribution is 0.590. The molecule has 0 aromatic heterocycles. The molecule has 0 bridgehead atoms. The maximum Gasteiger partial charge on any atom is 0.00317 e. The van der Waals surface area contributed by atoms with Crippen molar-refractivity contribution in [2.75, 3.05) is 0 Å². The van der Waals surface area contributed by atoms with Crippen LogP contribution in [0.25, 0.3) is 5.57 Å². The molecule has 0 saturated heterocycles. The average Bonchev–Trinajstić information content (AvgIpc) is 2.97. The lowest BCUT2D eigenvalue weighted by atomic mass is 9.84. The summed E-state index contributed by atoms with van der Waals surface area (Å²) in [7, 11) is -0.666. The molecule has 0 nitrogen and oxygen atoms in total. The Morgan fingerprint density at radius 1 is 0.688 bits per heavy atom. The summed E-state index contributed by atoms with van der Waals surface area (Å²) < 4.78 is 0. The molecule has 1 atom stereocenters. The fourth-order valence-electron chi connectivity index (χ4n) is 4.79. The van der Waals surface area contributed by atoms with E-state index in [0.717, 1.165) is 0 Å². The van der Waals surface area contributed by atoms with Crippen molar-refractivity contribution < 1.29 is 0 Å². The van der Waals surface area contributed by atoms with Crippen molar-refractivity contribution in [2.45, 2.75) is 53.9 Å². The van der Waals surface area contributed by atoms with Crippen molar-refractivity contribution in [1.29, 1.82) is 0 Å². The molecular formula is C31H35P. The van der Waals surface area contributed by atoms with E-state index in [1.807, 2.05) is 0 Å². The van der Waals surface area contributed by atoms with E-state index in [4.69, 9.17) is 0 Å². The van der Waals surface area contributed by atoms with Crippen LogP contribution in [0.3, 0.4) is 0 Å². The van der Waals surface area contributed by atoms with E-state index in [1.54, 1.807) is 0 Å². The van der Waals surface area contributed by atoms with Gasteiger partial charge in [-0.25, -0.2) is 0 Å². The van der Waals surface area contributed by atoms with Crippen LogP contribution in [0.1, 0.15) is 59.6 Å². The van der Waals surface area contributed by atoms with Crippen molar-refractivity contribution in [1.82, 2.24) is 0 Å². The number of hydrogen-bond acceptors (Lipinski definition) is 0. The van der Waals surface area contributed by atoms with Gasteiger partial charge in [-0.2, -0.15) is 0 Å². The molecule has 1 aliphatic carbocycles. The fourth-order valence-corrected chi connectivity index (χ4v) is 7.29. The van der Waals surface area contributed by atoms with Crippen LogP contribution in [0.2, 0.25) is 0 Å². The van der Waals surface area contributed by atoms with Crippen molar-refractivity contribution in [3.05, 3.63) is 107 Å². The Morgan fingerprint density at radius 3 is 1.66 bits per heavy atom. The van der Waals surface area contributed by atoms with Gasteiger partial charge in [0.1, 0.15) is 0 Å². The van der Waals surface area contributed by atoms with Gasteiger partial charge in [0.05, 0.1) is 0 Å². The standard InChI is InChI=1S/C31H35P/c1-21-22(2)24(4)30(23(21)3)28-19-18-25(31(5,6)7)20-29(28)32(26-14-10-8-11-15-26)27-16-12-9-13-17-27/h8-20,23H,1-7H3. The van der Waals surface area contributed by atoms with Gasteiger partial charge in [0.15, 0.2) is 0 Å². The first-order valence-electron chi connectivity index (χ1n) is 11.6. The molecule has 3 aromatic carbocycles. The van der Waals surface area contributed by atoms with Crippen molar-refractivity contribution in [3.63, 3.8) is 0 Å². The molecule has 0 aliphatic heterocycles. The Kier molecular flexibility index (Phi) is 6.28. The molecule has 0 fully saturated rings. The Balaban J connectivity index is 2.02. The zero-order chi connectivity index (χ0) is 23.0. The lowest BCUT2D eigenvalue weighted by Crippen LogP contribution is -2.26. The lowest BCUT2D eigenvalue weighted by Gasteiger charge is -2.28. The van der Waals surface area contributed by atoms with Crippen LogP contribution >= 0.6 is 7.92 Å². The van der Waals surface area contributed by atoms with Gasteiger partial charge in [-0.3, -0.25) is 0 Å². The summed E-state index contributed by atoms with van der Waals surface area (Å²) in [5.74, 6) is 0.456. The molecule has 0 N–H and O–H groups in total. The first kappa shape index (κ1) is 22.8. The molecule has 0 saturated carbocycles. The van der Waals surface area contributed by atoms with Crippen molar-refractivity contribution >= 4 is 29.4 Å². The third-order valence-corrected chi connectivity index (χ3v) is 9.55. The Hall–Kier alpha value is -2.43. The van der Waals surface area contributed by atoms with Crippen LogP contribution in [0.5, 0.6) is 0 Å². The smallest absolute Gasteiger partial charge is 0.00317 e. The Bertz CT molecular complexity index is 1130. The third-order valence-electron chi connectivity index (χ3n) is 7.06. The topological polar surface area (TPSA) is 0 Å². The van der Waals surface area contributed by atoms with E-state index in [-0.39, 0.29) is 5.41 Å². The predicted octanol–water partition coefficient (Wildman–Crippen LogP) is 7.50. The van der Waals surface area contributed by atoms with E-state index in [9.17, 15) is 0 Å². The Labute approximate surface area is 195 Å². The van der Waals surface area contributed by atoms with Crippen LogP contribution < -0.4 is 15.9 Å². The first-order valence-corrected chi connectivity index (χ1v) is 13.0. The first-order chi connectivity index (χ1) is 15.2. The summed E-state index contributed by atoms with van der Waals surface area (Å²) in [5.41, 5.74) is 8.87. The molecule has 3 aromatic rings. The second-order valence-corrected chi connectivity index (χ2v) is 12.2. The monoisotopic (exact) mass is 438 g/mol. The van der Waals surface area contributed by atoms with E-state index in [1.165, 1.54) is 49.3 Å². The quantitative estimate of drug-likeness (QED) is 0.370. The van der Waals surface area contributed by atoms with Crippen LogP contribution in [0.4, 0.5) is 0 Å². The molecule has 0 radical (unpaired) electrons. The summed E-state index contributed by atoms with van der Waals surface area (Å²) >= 11 is 0. The van der Waals surface area contributed by atoms with Gasteiger partial charge in [0.2, 0.25) is 0 Å². The predicted molar refractivity (Wildman–Crippen MR) is 144 cm³/mol.